The molecular weight excluding hydrogens is 457 g/mol. The summed E-state index contributed by atoms with van der Waals surface area (Å²) in [5.41, 5.74) is 2.28. The Hall–Kier alpha value is -3.84. The second-order valence-corrected chi connectivity index (χ2v) is 8.94. The van der Waals surface area contributed by atoms with E-state index in [0.717, 1.165) is 22.1 Å². The molecule has 2 fully saturated rings. The van der Waals surface area contributed by atoms with E-state index >= 15 is 0 Å². The van der Waals surface area contributed by atoms with E-state index < -0.39 is 41.6 Å². The highest BCUT2D eigenvalue weighted by molar-refractivity contribution is 6.31. The first-order valence-corrected chi connectivity index (χ1v) is 11.2. The molecule has 6 rings (SSSR count). The molecule has 0 N–H and O–H groups in total. The summed E-state index contributed by atoms with van der Waals surface area (Å²) in [6.45, 7) is 0. The number of benzene rings is 3. The maximum Gasteiger partial charge on any atom is 0.240 e. The molecule has 3 aliphatic heterocycles. The summed E-state index contributed by atoms with van der Waals surface area (Å²) >= 11 is 5.94. The molecule has 0 aromatic heterocycles. The molecule has 2 saturated heterocycles. The molecule has 6 nitrogen and oxygen atoms in total. The third-order valence-corrected chi connectivity index (χ3v) is 7.07. The van der Waals surface area contributed by atoms with Crippen LogP contribution in [0.3, 0.4) is 0 Å². The normalized spacial score (nSPS) is 24.8. The van der Waals surface area contributed by atoms with Gasteiger partial charge in [-0.2, -0.15) is 5.10 Å². The Bertz CT molecular complexity index is 1390. The number of carbonyl (C=O) groups is 3. The average Bonchev–Trinajstić information content (AvgIpc) is 3.33. The van der Waals surface area contributed by atoms with Crippen LogP contribution in [0.4, 0.5) is 10.1 Å². The highest BCUT2D eigenvalue weighted by Gasteiger charge is 2.65. The van der Waals surface area contributed by atoms with Gasteiger partial charge < -0.3 is 0 Å². The number of hydrazone groups is 1. The van der Waals surface area contributed by atoms with Crippen molar-refractivity contribution < 1.29 is 18.8 Å². The fraction of sp³-hybridized carbons (Fsp3) is 0.154. The minimum absolute atomic E-state index is 0.181. The number of anilines is 1. The number of Topliss-reactive ketones (excluding diaryl/α,β-unsaturated/α-hetero) is 1. The van der Waals surface area contributed by atoms with E-state index in [0.29, 0.717) is 5.56 Å². The van der Waals surface area contributed by atoms with E-state index in [1.165, 1.54) is 12.1 Å². The van der Waals surface area contributed by atoms with Crippen molar-refractivity contribution in [2.45, 2.75) is 12.1 Å². The van der Waals surface area contributed by atoms with E-state index in [4.69, 9.17) is 11.6 Å². The number of halogens is 2. The number of ketones is 1. The SMILES string of the molecule is O=C(c1ccccc1)[C@@H]1[C@@H]2C(=O)N(c3ccc(F)c(Cl)c3)C(=O)[C@H]2[C@@H]2c3ccccc3C=NN12. The zero-order valence-corrected chi connectivity index (χ0v) is 18.4. The van der Waals surface area contributed by atoms with E-state index in [9.17, 15) is 18.8 Å². The number of rotatable bonds is 3. The van der Waals surface area contributed by atoms with Crippen LogP contribution < -0.4 is 4.90 Å². The maximum atomic E-state index is 13.8. The third kappa shape index (κ3) is 2.86. The molecule has 3 aliphatic rings. The molecular formula is C26H17ClFN3O3. The van der Waals surface area contributed by atoms with Gasteiger partial charge in [-0.25, -0.2) is 9.29 Å². The highest BCUT2D eigenvalue weighted by Crippen LogP contribution is 2.53. The Morgan fingerprint density at radius 3 is 2.38 bits per heavy atom. The number of amides is 2. The standard InChI is InChI=1S/C26H17ClFN3O3/c27-18-12-16(10-11-19(18)28)30-25(33)20-21(26(30)34)23(24(32)14-6-2-1-3-7-14)31-22(20)17-9-5-4-8-15(17)13-29-31/h1-13,20-23H/t20-,21-,22+,23+/m1/s1. The first-order chi connectivity index (χ1) is 16.5. The summed E-state index contributed by atoms with van der Waals surface area (Å²) in [6, 6.07) is 18.4. The monoisotopic (exact) mass is 473 g/mol. The second-order valence-electron chi connectivity index (χ2n) is 8.54. The average molecular weight is 474 g/mol. The van der Waals surface area contributed by atoms with Crippen molar-refractivity contribution >= 4 is 41.1 Å². The van der Waals surface area contributed by atoms with Crippen LogP contribution >= 0.6 is 11.6 Å². The van der Waals surface area contributed by atoms with Gasteiger partial charge in [0.05, 0.1) is 34.8 Å². The van der Waals surface area contributed by atoms with Gasteiger partial charge in [-0.3, -0.25) is 19.4 Å². The van der Waals surface area contributed by atoms with Gasteiger partial charge in [-0.15, -0.1) is 0 Å². The van der Waals surface area contributed by atoms with Crippen LogP contribution in [0, 0.1) is 17.7 Å². The number of imide groups is 1. The second kappa shape index (κ2) is 7.60. The Kier molecular flexibility index (Phi) is 4.64. The smallest absolute Gasteiger partial charge is 0.240 e. The van der Waals surface area contributed by atoms with Crippen LogP contribution in [0.25, 0.3) is 0 Å². The molecule has 0 radical (unpaired) electrons. The van der Waals surface area contributed by atoms with Gasteiger partial charge in [0.1, 0.15) is 11.9 Å². The molecule has 168 valence electrons. The molecule has 0 unspecified atom stereocenters. The van der Waals surface area contributed by atoms with Gasteiger partial charge in [-0.1, -0.05) is 66.2 Å². The Morgan fingerprint density at radius 1 is 0.912 bits per heavy atom. The first kappa shape index (κ1) is 20.7. The minimum Gasteiger partial charge on any atom is -0.292 e. The number of carbonyl (C=O) groups excluding carboxylic acids is 3. The number of hydrogen-bond acceptors (Lipinski definition) is 5. The number of hydrogen-bond donors (Lipinski definition) is 0. The summed E-state index contributed by atoms with van der Waals surface area (Å²) in [7, 11) is 0. The predicted octanol–water partition coefficient (Wildman–Crippen LogP) is 4.24. The molecule has 0 saturated carbocycles. The van der Waals surface area contributed by atoms with Gasteiger partial charge in [0.2, 0.25) is 11.8 Å². The predicted molar refractivity (Wildman–Crippen MR) is 124 cm³/mol. The van der Waals surface area contributed by atoms with Crippen LogP contribution in [-0.4, -0.2) is 34.9 Å². The topological polar surface area (TPSA) is 70.0 Å². The van der Waals surface area contributed by atoms with Crippen molar-refractivity contribution in [1.82, 2.24) is 5.01 Å². The Balaban J connectivity index is 1.50. The van der Waals surface area contributed by atoms with E-state index in [1.54, 1.807) is 41.6 Å². The zero-order valence-electron chi connectivity index (χ0n) is 17.6. The number of nitrogens with zero attached hydrogens (tertiary/aromatic N) is 3. The van der Waals surface area contributed by atoms with Crippen molar-refractivity contribution in [1.29, 1.82) is 0 Å². The lowest BCUT2D eigenvalue weighted by Crippen LogP contribution is -2.44. The van der Waals surface area contributed by atoms with E-state index in [2.05, 4.69) is 5.10 Å². The van der Waals surface area contributed by atoms with Gasteiger partial charge in [0, 0.05) is 5.56 Å². The van der Waals surface area contributed by atoms with Crippen molar-refractivity contribution in [2.75, 3.05) is 4.90 Å². The Morgan fingerprint density at radius 2 is 1.62 bits per heavy atom. The summed E-state index contributed by atoms with van der Waals surface area (Å²) in [6.07, 6.45) is 1.66. The maximum absolute atomic E-state index is 13.8. The fourth-order valence-corrected chi connectivity index (χ4v) is 5.50. The van der Waals surface area contributed by atoms with Gasteiger partial charge in [0.25, 0.3) is 0 Å². The van der Waals surface area contributed by atoms with Crippen molar-refractivity contribution in [3.63, 3.8) is 0 Å². The lowest BCUT2D eigenvalue weighted by Gasteiger charge is -2.33. The van der Waals surface area contributed by atoms with Crippen LogP contribution in [0.5, 0.6) is 0 Å². The zero-order chi connectivity index (χ0) is 23.6. The molecule has 0 spiro atoms. The summed E-state index contributed by atoms with van der Waals surface area (Å²) in [4.78, 5) is 42.2. The van der Waals surface area contributed by atoms with Gasteiger partial charge >= 0.3 is 0 Å². The summed E-state index contributed by atoms with van der Waals surface area (Å²) in [5.74, 6) is -3.68. The molecule has 0 bridgehead atoms. The molecule has 34 heavy (non-hydrogen) atoms. The van der Waals surface area contributed by atoms with Gasteiger partial charge in [-0.05, 0) is 29.3 Å². The van der Waals surface area contributed by atoms with Crippen LogP contribution in [-0.2, 0) is 9.59 Å². The minimum atomic E-state index is -0.959. The van der Waals surface area contributed by atoms with Crippen LogP contribution in [0.1, 0.15) is 27.5 Å². The summed E-state index contributed by atoms with van der Waals surface area (Å²) < 4.78 is 13.8. The van der Waals surface area contributed by atoms with Crippen molar-refractivity contribution in [3.8, 4) is 0 Å². The first-order valence-electron chi connectivity index (χ1n) is 10.8. The van der Waals surface area contributed by atoms with E-state index in [-0.39, 0.29) is 16.5 Å². The highest BCUT2D eigenvalue weighted by atomic mass is 35.5. The molecule has 3 aromatic carbocycles. The Labute approximate surface area is 199 Å². The molecule has 3 aromatic rings. The molecule has 0 aliphatic carbocycles. The van der Waals surface area contributed by atoms with Crippen LogP contribution in [0.15, 0.2) is 77.9 Å². The third-order valence-electron chi connectivity index (χ3n) is 6.78. The number of fused-ring (bicyclic) bond motifs is 5. The van der Waals surface area contributed by atoms with Crippen molar-refractivity contribution in [2.24, 2.45) is 16.9 Å². The largest absolute Gasteiger partial charge is 0.292 e. The van der Waals surface area contributed by atoms with Gasteiger partial charge in [0.15, 0.2) is 5.78 Å². The van der Waals surface area contributed by atoms with E-state index in [1.807, 2.05) is 24.3 Å². The summed E-state index contributed by atoms with van der Waals surface area (Å²) in [5, 5.41) is 5.95. The molecule has 2 amide bonds. The van der Waals surface area contributed by atoms with Crippen molar-refractivity contribution in [3.05, 3.63) is 100 Å². The molecule has 8 heteroatoms. The fourth-order valence-electron chi connectivity index (χ4n) is 5.32. The van der Waals surface area contributed by atoms with Crippen LogP contribution in [0.2, 0.25) is 5.02 Å². The lowest BCUT2D eigenvalue weighted by atomic mass is 9.83. The molecule has 4 atom stereocenters. The molecule has 3 heterocycles. The quantitative estimate of drug-likeness (QED) is 0.421. The lowest BCUT2D eigenvalue weighted by molar-refractivity contribution is -0.124.